The number of hydrogen-bond donors (Lipinski definition) is 1. The molecule has 0 aromatic heterocycles. The van der Waals surface area contributed by atoms with Crippen molar-refractivity contribution in [2.45, 2.75) is 38.1 Å². The number of nitrogens with one attached hydrogen (secondary N) is 1. The van der Waals surface area contributed by atoms with Crippen LogP contribution in [0.1, 0.15) is 40.7 Å². The number of carbonyl (C=O) groups is 1. The van der Waals surface area contributed by atoms with Gasteiger partial charge in [-0.25, -0.2) is 0 Å². The molecular formula is C30H34N2O4. The van der Waals surface area contributed by atoms with E-state index in [0.717, 1.165) is 38.9 Å². The number of piperidine rings is 1. The quantitative estimate of drug-likeness (QED) is 0.485. The lowest BCUT2D eigenvalue weighted by atomic mass is 10.0. The lowest BCUT2D eigenvalue weighted by Crippen LogP contribution is -2.44. The molecule has 3 aromatic rings. The first-order valence-electron chi connectivity index (χ1n) is 12.8. The molecule has 0 radical (unpaired) electrons. The third-order valence-electron chi connectivity index (χ3n) is 6.92. The predicted octanol–water partition coefficient (Wildman–Crippen LogP) is 5.02. The Balaban J connectivity index is 1.14. The van der Waals surface area contributed by atoms with Gasteiger partial charge in [-0.05, 0) is 65.1 Å². The molecule has 0 saturated carbocycles. The van der Waals surface area contributed by atoms with Gasteiger partial charge in [-0.3, -0.25) is 9.69 Å². The van der Waals surface area contributed by atoms with Crippen molar-refractivity contribution < 1.29 is 19.0 Å². The topological polar surface area (TPSA) is 60.0 Å². The van der Waals surface area contributed by atoms with Crippen LogP contribution in [0.4, 0.5) is 0 Å². The fourth-order valence-corrected chi connectivity index (χ4v) is 4.90. The Morgan fingerprint density at radius 1 is 1.03 bits per heavy atom. The molecule has 2 saturated heterocycles. The first-order chi connectivity index (χ1) is 17.7. The van der Waals surface area contributed by atoms with Crippen LogP contribution in [0.25, 0.3) is 16.8 Å². The average Bonchev–Trinajstić information content (AvgIpc) is 3.43. The number of likely N-dealkylation sites (tertiary alicyclic amines) is 1. The second kappa shape index (κ2) is 11.7. The molecule has 0 atom stereocenters. The van der Waals surface area contributed by atoms with Crippen LogP contribution in [0.15, 0.2) is 66.7 Å². The van der Waals surface area contributed by atoms with E-state index in [0.29, 0.717) is 24.5 Å². The molecule has 0 unspecified atom stereocenters. The minimum atomic E-state index is -0.104. The summed E-state index contributed by atoms with van der Waals surface area (Å²) in [5, 5.41) is 5.69. The highest BCUT2D eigenvalue weighted by atomic mass is 16.7. The Kier molecular flexibility index (Phi) is 7.96. The number of ether oxygens (including phenoxy) is 3. The molecule has 0 aliphatic carbocycles. The van der Waals surface area contributed by atoms with Gasteiger partial charge >= 0.3 is 0 Å². The van der Waals surface area contributed by atoms with Crippen LogP contribution in [0.3, 0.4) is 0 Å². The summed E-state index contributed by atoms with van der Waals surface area (Å²) in [5.41, 5.74) is 3.14. The molecule has 1 N–H and O–H groups in total. The Labute approximate surface area is 212 Å². The molecule has 36 heavy (non-hydrogen) atoms. The van der Waals surface area contributed by atoms with Crippen LogP contribution in [0, 0.1) is 0 Å². The summed E-state index contributed by atoms with van der Waals surface area (Å²) in [6.07, 6.45) is 6.83. The summed E-state index contributed by atoms with van der Waals surface area (Å²) in [6.45, 7) is 4.23. The van der Waals surface area contributed by atoms with Gasteiger partial charge in [0.2, 0.25) is 0 Å². The van der Waals surface area contributed by atoms with E-state index in [1.54, 1.807) is 13.2 Å². The van der Waals surface area contributed by atoms with Gasteiger partial charge in [0.1, 0.15) is 5.75 Å². The van der Waals surface area contributed by atoms with Crippen molar-refractivity contribution in [3.8, 4) is 5.75 Å². The molecule has 2 aliphatic rings. The summed E-state index contributed by atoms with van der Waals surface area (Å²) < 4.78 is 16.2. The van der Waals surface area contributed by atoms with E-state index < -0.39 is 0 Å². The van der Waals surface area contributed by atoms with E-state index in [2.05, 4.69) is 58.8 Å². The zero-order valence-electron chi connectivity index (χ0n) is 20.8. The van der Waals surface area contributed by atoms with Gasteiger partial charge in [0.15, 0.2) is 6.29 Å². The van der Waals surface area contributed by atoms with Crippen LogP contribution in [0.5, 0.6) is 5.75 Å². The zero-order valence-corrected chi connectivity index (χ0v) is 20.8. The number of methoxy groups -OCH3 is 1. The summed E-state index contributed by atoms with van der Waals surface area (Å²) in [5.74, 6) is 0.666. The third kappa shape index (κ3) is 6.32. The fourth-order valence-electron chi connectivity index (χ4n) is 4.90. The van der Waals surface area contributed by atoms with Crippen molar-refractivity contribution in [3.63, 3.8) is 0 Å². The number of carbonyl (C=O) groups excluding carboxylic acids is 1. The Hall–Kier alpha value is -3.19. The highest BCUT2D eigenvalue weighted by Gasteiger charge is 2.21. The summed E-state index contributed by atoms with van der Waals surface area (Å²) in [4.78, 5) is 15.1. The minimum absolute atomic E-state index is 0.0324. The molecule has 6 nitrogen and oxygen atoms in total. The van der Waals surface area contributed by atoms with Crippen molar-refractivity contribution in [2.24, 2.45) is 0 Å². The maximum atomic E-state index is 12.6. The molecule has 0 spiro atoms. The Bertz CT molecular complexity index is 1210. The van der Waals surface area contributed by atoms with Gasteiger partial charge in [0.05, 0.1) is 20.3 Å². The lowest BCUT2D eigenvalue weighted by Gasteiger charge is -2.32. The molecule has 0 bridgehead atoms. The highest BCUT2D eigenvalue weighted by Crippen LogP contribution is 2.22. The number of nitrogens with zero attached hydrogens (tertiary/aromatic N) is 1. The van der Waals surface area contributed by atoms with Crippen molar-refractivity contribution in [3.05, 3.63) is 83.4 Å². The second-order valence-electron chi connectivity index (χ2n) is 9.51. The fraction of sp³-hybridized carbons (Fsp3) is 0.367. The molecule has 5 rings (SSSR count). The summed E-state index contributed by atoms with van der Waals surface area (Å²) in [6, 6.07) is 20.8. The lowest BCUT2D eigenvalue weighted by molar-refractivity contribution is -0.0379. The Morgan fingerprint density at radius 3 is 2.64 bits per heavy atom. The Morgan fingerprint density at radius 2 is 1.83 bits per heavy atom. The molecule has 3 aromatic carbocycles. The van der Waals surface area contributed by atoms with Gasteiger partial charge in [-0.1, -0.05) is 42.5 Å². The monoisotopic (exact) mass is 486 g/mol. The van der Waals surface area contributed by atoms with Crippen molar-refractivity contribution in [2.75, 3.05) is 33.4 Å². The van der Waals surface area contributed by atoms with Crippen LogP contribution < -0.4 is 10.1 Å². The van der Waals surface area contributed by atoms with E-state index in [9.17, 15) is 4.79 Å². The average molecular weight is 487 g/mol. The normalized spacial score (nSPS) is 17.7. The van der Waals surface area contributed by atoms with E-state index >= 15 is 0 Å². The smallest absolute Gasteiger partial charge is 0.251 e. The van der Waals surface area contributed by atoms with Gasteiger partial charge in [-0.2, -0.15) is 0 Å². The highest BCUT2D eigenvalue weighted by molar-refractivity contribution is 5.94. The van der Waals surface area contributed by atoms with Gasteiger partial charge < -0.3 is 19.5 Å². The molecule has 2 heterocycles. The van der Waals surface area contributed by atoms with E-state index in [-0.39, 0.29) is 18.2 Å². The van der Waals surface area contributed by atoms with Crippen molar-refractivity contribution in [1.82, 2.24) is 10.2 Å². The van der Waals surface area contributed by atoms with E-state index in [1.807, 2.05) is 18.2 Å². The standard InChI is InChI=1S/C30H34N2O4/c1-34-28-6-3-5-25(20-28)30(33)31-27-12-14-32(15-13-27)21-23-9-11-24-10-8-22(18-26(24)19-23)4-2-7-29-35-16-17-36-29/h2-6,8-11,18-20,27,29H,7,12-17,21H2,1H3,(H,31,33). The number of benzene rings is 3. The predicted molar refractivity (Wildman–Crippen MR) is 142 cm³/mol. The molecule has 2 fully saturated rings. The third-order valence-corrected chi connectivity index (χ3v) is 6.92. The molecule has 1 amide bonds. The first kappa shape index (κ1) is 24.5. The minimum Gasteiger partial charge on any atom is -0.497 e. The number of amides is 1. The molecule has 6 heteroatoms. The van der Waals surface area contributed by atoms with Crippen LogP contribution >= 0.6 is 0 Å². The summed E-state index contributed by atoms with van der Waals surface area (Å²) >= 11 is 0. The van der Waals surface area contributed by atoms with E-state index in [4.69, 9.17) is 14.2 Å². The number of hydrogen-bond acceptors (Lipinski definition) is 5. The number of rotatable bonds is 8. The molecular weight excluding hydrogens is 452 g/mol. The van der Waals surface area contributed by atoms with Gasteiger partial charge in [0, 0.05) is 37.7 Å². The van der Waals surface area contributed by atoms with Gasteiger partial charge in [0.25, 0.3) is 5.91 Å². The maximum absolute atomic E-state index is 12.6. The van der Waals surface area contributed by atoms with Crippen LogP contribution in [-0.2, 0) is 16.0 Å². The zero-order chi connectivity index (χ0) is 24.7. The molecule has 188 valence electrons. The van der Waals surface area contributed by atoms with Crippen LogP contribution in [0.2, 0.25) is 0 Å². The first-order valence-corrected chi connectivity index (χ1v) is 12.8. The second-order valence-corrected chi connectivity index (χ2v) is 9.51. The largest absolute Gasteiger partial charge is 0.497 e. The van der Waals surface area contributed by atoms with Crippen molar-refractivity contribution >= 4 is 22.8 Å². The molecule has 2 aliphatic heterocycles. The van der Waals surface area contributed by atoms with Crippen LogP contribution in [-0.4, -0.2) is 56.6 Å². The summed E-state index contributed by atoms with van der Waals surface area (Å²) in [7, 11) is 1.61. The van der Waals surface area contributed by atoms with Crippen molar-refractivity contribution in [1.29, 1.82) is 0 Å². The maximum Gasteiger partial charge on any atom is 0.251 e. The van der Waals surface area contributed by atoms with Gasteiger partial charge in [-0.15, -0.1) is 0 Å². The SMILES string of the molecule is COc1cccc(C(=O)NC2CCN(Cc3ccc4ccc(C=CCC5OCCO5)cc4c3)CC2)c1. The van der Waals surface area contributed by atoms with E-state index in [1.165, 1.54) is 21.9 Å². The number of fused-ring (bicyclic) bond motifs is 1.